The van der Waals surface area contributed by atoms with Gasteiger partial charge < -0.3 is 21.1 Å². The van der Waals surface area contributed by atoms with Crippen LogP contribution >= 0.6 is 23.2 Å². The quantitative estimate of drug-likeness (QED) is 0.307. The first-order valence-electron chi connectivity index (χ1n) is 13.7. The van der Waals surface area contributed by atoms with Gasteiger partial charge in [-0.25, -0.2) is 18.4 Å². The fourth-order valence-electron chi connectivity index (χ4n) is 5.58. The summed E-state index contributed by atoms with van der Waals surface area (Å²) in [7, 11) is -3.42. The van der Waals surface area contributed by atoms with Crippen LogP contribution in [0.1, 0.15) is 42.2 Å². The Morgan fingerprint density at radius 3 is 2.56 bits per heavy atom. The molecule has 0 saturated carbocycles. The number of nitrogens with one attached hydrogen (secondary N) is 2. The highest BCUT2D eigenvalue weighted by molar-refractivity contribution is 7.92. The number of carbonyl (C=O) groups excluding carboxylic acids is 1. The summed E-state index contributed by atoms with van der Waals surface area (Å²) in [6.07, 6.45) is 4.09. The molecule has 2 aliphatic rings. The molecule has 0 spiro atoms. The van der Waals surface area contributed by atoms with Crippen molar-refractivity contribution in [1.29, 1.82) is 0 Å². The van der Waals surface area contributed by atoms with E-state index >= 15 is 0 Å². The number of halogens is 2. The van der Waals surface area contributed by atoms with Crippen molar-refractivity contribution in [3.63, 3.8) is 0 Å². The molecule has 4 rings (SSSR count). The fourth-order valence-corrected chi connectivity index (χ4v) is 6.59. The summed E-state index contributed by atoms with van der Waals surface area (Å²) < 4.78 is 26.3. The van der Waals surface area contributed by atoms with E-state index in [0.29, 0.717) is 42.2 Å². The Labute approximate surface area is 251 Å². The van der Waals surface area contributed by atoms with Crippen LogP contribution < -0.4 is 20.7 Å². The van der Waals surface area contributed by atoms with Crippen LogP contribution in [0.15, 0.2) is 18.2 Å². The molecule has 0 bridgehead atoms. The van der Waals surface area contributed by atoms with Crippen LogP contribution in [0.25, 0.3) is 0 Å². The number of benzene rings is 1. The maximum atomic E-state index is 12.3. The Morgan fingerprint density at radius 2 is 1.90 bits per heavy atom. The number of hydrogen-bond acceptors (Lipinski definition) is 10. The lowest BCUT2D eigenvalue weighted by Crippen LogP contribution is -2.58. The van der Waals surface area contributed by atoms with Gasteiger partial charge in [-0.2, -0.15) is 0 Å². The molecule has 2 aromatic rings. The van der Waals surface area contributed by atoms with E-state index in [-0.39, 0.29) is 35.9 Å². The van der Waals surface area contributed by atoms with Gasteiger partial charge in [0.05, 0.1) is 18.6 Å². The number of piperidine rings is 1. The first-order valence-corrected chi connectivity index (χ1v) is 16.3. The molecule has 0 radical (unpaired) electrons. The Bertz CT molecular complexity index is 1340. The number of nitrogen functional groups attached to an aromatic ring is 1. The second kappa shape index (κ2) is 13.7. The summed E-state index contributed by atoms with van der Waals surface area (Å²) in [5.41, 5.74) is 7.42. The van der Waals surface area contributed by atoms with Gasteiger partial charge >= 0.3 is 0 Å². The molecule has 0 aliphatic carbocycles. The number of aromatic nitrogens is 2. The van der Waals surface area contributed by atoms with E-state index in [4.69, 9.17) is 34.0 Å². The lowest BCUT2D eigenvalue weighted by Gasteiger charge is -2.47. The topological polar surface area (TPSA) is 157 Å². The second-order valence-electron chi connectivity index (χ2n) is 10.5. The third kappa shape index (κ3) is 8.11. The van der Waals surface area contributed by atoms with E-state index in [0.717, 1.165) is 50.7 Å². The van der Waals surface area contributed by atoms with Crippen molar-refractivity contribution in [1.82, 2.24) is 25.1 Å². The highest BCUT2D eigenvalue weighted by atomic mass is 35.5. The summed E-state index contributed by atoms with van der Waals surface area (Å²) in [4.78, 5) is 27.9. The highest BCUT2D eigenvalue weighted by Gasteiger charge is 2.34. The molecule has 2 fully saturated rings. The van der Waals surface area contributed by atoms with Gasteiger partial charge in [-0.1, -0.05) is 36.2 Å². The van der Waals surface area contributed by atoms with Gasteiger partial charge in [0.1, 0.15) is 0 Å². The number of carbonyl (C=O) groups is 1. The molecule has 226 valence electrons. The summed E-state index contributed by atoms with van der Waals surface area (Å²) in [6, 6.07) is 6.03. The molecular weight excluding hydrogens is 591 g/mol. The second-order valence-corrected chi connectivity index (χ2v) is 13.0. The van der Waals surface area contributed by atoms with Crippen molar-refractivity contribution in [3.8, 4) is 0 Å². The lowest BCUT2D eigenvalue weighted by molar-refractivity contribution is 0.0611. The monoisotopic (exact) mass is 628 g/mol. The van der Waals surface area contributed by atoms with Crippen molar-refractivity contribution in [3.05, 3.63) is 39.6 Å². The van der Waals surface area contributed by atoms with Crippen LogP contribution in [-0.2, 0) is 16.6 Å². The number of anilines is 3. The van der Waals surface area contributed by atoms with Gasteiger partial charge in [0.2, 0.25) is 10.0 Å². The van der Waals surface area contributed by atoms with Crippen LogP contribution in [-0.4, -0.2) is 103 Å². The molecule has 1 aromatic heterocycles. The maximum Gasteiger partial charge on any atom is 0.273 e. The number of likely N-dealkylation sites (tertiary alicyclic amines) is 1. The number of amides is 1. The van der Waals surface area contributed by atoms with Crippen molar-refractivity contribution in [2.24, 2.45) is 0 Å². The molecule has 5 N–H and O–H groups in total. The van der Waals surface area contributed by atoms with E-state index in [1.54, 1.807) is 12.1 Å². The molecular formula is C26H38Cl2N8O4S. The molecule has 15 heteroatoms. The molecule has 3 heterocycles. The van der Waals surface area contributed by atoms with Crippen LogP contribution in [0.4, 0.5) is 17.3 Å². The predicted molar refractivity (Wildman–Crippen MR) is 162 cm³/mol. The van der Waals surface area contributed by atoms with Gasteiger partial charge in [-0.15, -0.1) is 0 Å². The molecule has 12 nitrogen and oxygen atoms in total. The van der Waals surface area contributed by atoms with Crippen molar-refractivity contribution < 1.29 is 18.3 Å². The normalized spacial score (nSPS) is 19.3. The van der Waals surface area contributed by atoms with Gasteiger partial charge in [-0.05, 0) is 50.0 Å². The molecule has 2 aliphatic heterocycles. The minimum atomic E-state index is -3.42. The number of nitrogens with zero attached hydrogens (tertiary/aromatic N) is 5. The summed E-state index contributed by atoms with van der Waals surface area (Å²) in [5.74, 6) is -0.0606. The van der Waals surface area contributed by atoms with E-state index in [1.165, 1.54) is 0 Å². The molecule has 0 unspecified atom stereocenters. The standard InChI is InChI=1S/C26H38Cl2N8O4S/c1-3-19-16-35(25-23(28)31-22(24(29)32-25)26(38)30-8-13-37)11-12-36(19)20-6-9-34(10-7-20)15-17-4-5-18(27)14-21(17)33-41(2,39)40/h4-5,14,19-20,33,37H,3,6-13,15-16H2,1-2H3,(H2,29,32)(H,30,38)/t19-/m0/s1. The highest BCUT2D eigenvalue weighted by Crippen LogP contribution is 2.31. The minimum Gasteiger partial charge on any atom is -0.395 e. The molecule has 2 saturated heterocycles. The Morgan fingerprint density at radius 1 is 1.17 bits per heavy atom. The number of aliphatic hydroxyl groups excluding tert-OH is 1. The molecule has 1 amide bonds. The average molecular weight is 630 g/mol. The van der Waals surface area contributed by atoms with Crippen LogP contribution in [0, 0.1) is 0 Å². The Balaban J connectivity index is 1.37. The smallest absolute Gasteiger partial charge is 0.273 e. The lowest BCUT2D eigenvalue weighted by atomic mass is 9.97. The number of piperazine rings is 1. The van der Waals surface area contributed by atoms with Gasteiger partial charge in [-0.3, -0.25) is 19.3 Å². The number of nitrogens with two attached hydrogens (primary N) is 1. The van der Waals surface area contributed by atoms with Gasteiger partial charge in [0.25, 0.3) is 5.91 Å². The zero-order valence-corrected chi connectivity index (χ0v) is 25.6. The third-order valence-corrected chi connectivity index (χ3v) is 8.64. The number of sulfonamides is 1. The Kier molecular flexibility index (Phi) is 10.5. The predicted octanol–water partition coefficient (Wildman–Crippen LogP) is 2.02. The summed E-state index contributed by atoms with van der Waals surface area (Å²) >= 11 is 12.6. The zero-order valence-electron chi connectivity index (χ0n) is 23.3. The van der Waals surface area contributed by atoms with E-state index < -0.39 is 15.9 Å². The first kappa shape index (κ1) is 31.5. The molecule has 41 heavy (non-hydrogen) atoms. The number of hydrogen-bond donors (Lipinski definition) is 4. The number of aliphatic hydroxyl groups is 1. The average Bonchev–Trinajstić information content (AvgIpc) is 2.93. The Hall–Kier alpha value is -2.42. The van der Waals surface area contributed by atoms with E-state index in [9.17, 15) is 13.2 Å². The third-order valence-electron chi connectivity index (χ3n) is 7.56. The fraction of sp³-hybridized carbons (Fsp3) is 0.577. The largest absolute Gasteiger partial charge is 0.395 e. The van der Waals surface area contributed by atoms with Gasteiger partial charge in [0.15, 0.2) is 22.5 Å². The van der Waals surface area contributed by atoms with Crippen LogP contribution in [0.3, 0.4) is 0 Å². The first-order chi connectivity index (χ1) is 19.5. The minimum absolute atomic E-state index is 0.00160. The van der Waals surface area contributed by atoms with Crippen molar-refractivity contribution in [2.45, 2.75) is 44.8 Å². The molecule has 1 atom stereocenters. The van der Waals surface area contributed by atoms with Crippen molar-refractivity contribution in [2.75, 3.05) is 67.5 Å². The number of rotatable bonds is 10. The van der Waals surface area contributed by atoms with E-state index in [1.807, 2.05) is 6.07 Å². The zero-order chi connectivity index (χ0) is 29.7. The summed E-state index contributed by atoms with van der Waals surface area (Å²) in [5, 5.41) is 12.1. The SMILES string of the molecule is CC[C@H]1CN(c2nc(N)c(C(=O)NCCO)nc2Cl)CCN1C1CCN(Cc2ccc(Cl)cc2NS(C)(=O)=O)CC1. The summed E-state index contributed by atoms with van der Waals surface area (Å²) in [6.45, 7) is 6.74. The van der Waals surface area contributed by atoms with E-state index in [2.05, 4.69) is 41.6 Å². The van der Waals surface area contributed by atoms with Gasteiger partial charge in [0, 0.05) is 49.8 Å². The van der Waals surface area contributed by atoms with Crippen LogP contribution in [0.2, 0.25) is 10.2 Å². The maximum absolute atomic E-state index is 12.3. The van der Waals surface area contributed by atoms with Crippen molar-refractivity contribution >= 4 is 56.5 Å². The molecule has 1 aromatic carbocycles. The van der Waals surface area contributed by atoms with Crippen LogP contribution in [0.5, 0.6) is 0 Å².